The van der Waals surface area contributed by atoms with Crippen molar-refractivity contribution in [3.05, 3.63) is 41.8 Å². The molecule has 0 atom stereocenters. The summed E-state index contributed by atoms with van der Waals surface area (Å²) >= 11 is 0. The quantitative estimate of drug-likeness (QED) is 0.574. The average Bonchev–Trinajstić information content (AvgIpc) is 1.83. The van der Waals surface area contributed by atoms with E-state index in [0.29, 0.717) is 0 Å². The zero-order valence-electron chi connectivity index (χ0n) is 6.52. The van der Waals surface area contributed by atoms with Gasteiger partial charge in [-0.3, -0.25) is 0 Å². The number of rotatable bonds is 0. The van der Waals surface area contributed by atoms with Crippen LogP contribution in [0.4, 0.5) is 0 Å². The van der Waals surface area contributed by atoms with Crippen molar-refractivity contribution in [1.29, 1.82) is 0 Å². The van der Waals surface area contributed by atoms with E-state index in [1.807, 2.05) is 0 Å². The largest absolute Gasteiger partial charge is 0.198 e. The van der Waals surface area contributed by atoms with Gasteiger partial charge in [0, 0.05) is 32.7 Å². The van der Waals surface area contributed by atoms with E-state index in [1.165, 1.54) is 11.1 Å². The van der Waals surface area contributed by atoms with Gasteiger partial charge in [-0.2, -0.15) is 23.6 Å². The van der Waals surface area contributed by atoms with E-state index in [1.54, 1.807) is 0 Å². The number of hydrogen-bond donors (Lipinski definition) is 0. The third-order valence-electron chi connectivity index (χ3n) is 1.64. The molecule has 0 amide bonds. The predicted octanol–water partition coefficient (Wildman–Crippen LogP) is 2.48. The van der Waals surface area contributed by atoms with Crippen LogP contribution in [0, 0.1) is 20.8 Å². The number of benzene rings is 1. The van der Waals surface area contributed by atoms with E-state index in [-0.39, 0.29) is 32.7 Å². The zero-order chi connectivity index (χ0) is 6.85. The summed E-state index contributed by atoms with van der Waals surface area (Å²) < 4.78 is 0. The van der Waals surface area contributed by atoms with Gasteiger partial charge in [0.25, 0.3) is 0 Å². The van der Waals surface area contributed by atoms with E-state index in [4.69, 9.17) is 0 Å². The molecule has 10 heavy (non-hydrogen) atoms. The summed E-state index contributed by atoms with van der Waals surface area (Å²) in [4.78, 5) is 0. The standard InChI is InChI=1S/C9H11.Y/c1-7-5-4-6-8(2)9(7)3;/h4-6H,3H2,1-2H3;/q-1;. The first-order valence-corrected chi connectivity index (χ1v) is 3.10. The summed E-state index contributed by atoms with van der Waals surface area (Å²) in [5, 5.41) is 0. The molecule has 0 N–H and O–H groups in total. The van der Waals surface area contributed by atoms with Crippen LogP contribution in [0.3, 0.4) is 0 Å². The summed E-state index contributed by atoms with van der Waals surface area (Å²) in [6.07, 6.45) is 0. The molecule has 1 radical (unpaired) electrons. The molecule has 0 unspecified atom stereocenters. The van der Waals surface area contributed by atoms with Gasteiger partial charge in [0.2, 0.25) is 0 Å². The minimum Gasteiger partial charge on any atom is -0.198 e. The van der Waals surface area contributed by atoms with Gasteiger partial charge < -0.3 is 0 Å². The van der Waals surface area contributed by atoms with Gasteiger partial charge in [-0.1, -0.05) is 19.9 Å². The Morgan fingerprint density at radius 1 is 1.10 bits per heavy atom. The van der Waals surface area contributed by atoms with E-state index in [2.05, 4.69) is 39.0 Å². The molecular weight excluding hydrogens is 197 g/mol. The minimum absolute atomic E-state index is 0. The summed E-state index contributed by atoms with van der Waals surface area (Å²) in [5.41, 5.74) is 3.71. The molecule has 0 fully saturated rings. The molecule has 0 aromatic heterocycles. The molecule has 0 nitrogen and oxygen atoms in total. The number of aryl methyl sites for hydroxylation is 2. The zero-order valence-corrected chi connectivity index (χ0v) is 9.35. The number of hydrogen-bond acceptors (Lipinski definition) is 0. The van der Waals surface area contributed by atoms with Gasteiger partial charge in [0.1, 0.15) is 0 Å². The molecule has 0 aliphatic heterocycles. The molecule has 0 spiro atoms. The first kappa shape index (κ1) is 10.2. The second kappa shape index (κ2) is 4.15. The molecular formula is C9H11Y-. The SMILES string of the molecule is [CH2-]c1c(C)cccc1C.[Y]. The summed E-state index contributed by atoms with van der Waals surface area (Å²) in [7, 11) is 0. The second-order valence-electron chi connectivity index (χ2n) is 2.37. The maximum Gasteiger partial charge on any atom is 0 e. The molecule has 0 saturated carbocycles. The Morgan fingerprint density at radius 3 is 1.80 bits per heavy atom. The first-order valence-electron chi connectivity index (χ1n) is 3.10. The van der Waals surface area contributed by atoms with E-state index in [9.17, 15) is 0 Å². The summed E-state index contributed by atoms with van der Waals surface area (Å²) in [5.74, 6) is 0. The Kier molecular flexibility index (Phi) is 4.23. The van der Waals surface area contributed by atoms with Crippen molar-refractivity contribution in [1.82, 2.24) is 0 Å². The van der Waals surface area contributed by atoms with Crippen molar-refractivity contribution in [2.45, 2.75) is 13.8 Å². The monoisotopic (exact) mass is 208 g/mol. The summed E-state index contributed by atoms with van der Waals surface area (Å²) in [6.45, 7) is 8.08. The summed E-state index contributed by atoms with van der Waals surface area (Å²) in [6, 6.07) is 6.21. The molecule has 0 aliphatic rings. The Labute approximate surface area is 87.9 Å². The smallest absolute Gasteiger partial charge is 0 e. The van der Waals surface area contributed by atoms with Gasteiger partial charge >= 0.3 is 0 Å². The molecule has 51 valence electrons. The van der Waals surface area contributed by atoms with Gasteiger partial charge in [0.05, 0.1) is 0 Å². The molecule has 1 rings (SSSR count). The van der Waals surface area contributed by atoms with Crippen molar-refractivity contribution in [3.8, 4) is 0 Å². The van der Waals surface area contributed by atoms with E-state index >= 15 is 0 Å². The van der Waals surface area contributed by atoms with Gasteiger partial charge in [0.15, 0.2) is 0 Å². The Balaban J connectivity index is 0.000000810. The maximum atomic E-state index is 3.92. The topological polar surface area (TPSA) is 0 Å². The second-order valence-corrected chi connectivity index (χ2v) is 2.37. The van der Waals surface area contributed by atoms with Crippen LogP contribution in [0.25, 0.3) is 0 Å². The molecule has 0 aliphatic carbocycles. The first-order chi connectivity index (χ1) is 4.22. The van der Waals surface area contributed by atoms with Crippen LogP contribution in [0.15, 0.2) is 18.2 Å². The van der Waals surface area contributed by atoms with E-state index < -0.39 is 0 Å². The average molecular weight is 208 g/mol. The van der Waals surface area contributed by atoms with Gasteiger partial charge in [-0.05, 0) is 0 Å². The van der Waals surface area contributed by atoms with E-state index in [0.717, 1.165) is 5.56 Å². The molecule has 1 aromatic rings. The van der Waals surface area contributed by atoms with Crippen LogP contribution in [0.1, 0.15) is 16.7 Å². The Hall–Kier alpha value is 0.194. The van der Waals surface area contributed by atoms with Crippen molar-refractivity contribution in [2.24, 2.45) is 0 Å². The molecule has 0 saturated heterocycles. The van der Waals surface area contributed by atoms with Crippen molar-refractivity contribution in [2.75, 3.05) is 0 Å². The maximum absolute atomic E-state index is 3.92. The van der Waals surface area contributed by atoms with Gasteiger partial charge in [-0.15, -0.1) is 12.1 Å². The van der Waals surface area contributed by atoms with Crippen LogP contribution in [-0.4, -0.2) is 0 Å². The van der Waals surface area contributed by atoms with Crippen molar-refractivity contribution in [3.63, 3.8) is 0 Å². The van der Waals surface area contributed by atoms with Crippen LogP contribution >= 0.6 is 0 Å². The molecule has 0 bridgehead atoms. The van der Waals surface area contributed by atoms with Crippen LogP contribution in [-0.2, 0) is 32.7 Å². The molecule has 1 aromatic carbocycles. The molecule has 0 heterocycles. The fraction of sp³-hybridized carbons (Fsp3) is 0.222. The van der Waals surface area contributed by atoms with Crippen molar-refractivity contribution < 1.29 is 32.7 Å². The van der Waals surface area contributed by atoms with Gasteiger partial charge in [-0.25, -0.2) is 0 Å². The Morgan fingerprint density at radius 2 is 1.50 bits per heavy atom. The third-order valence-corrected chi connectivity index (χ3v) is 1.64. The predicted molar refractivity (Wildman–Crippen MR) is 40.4 cm³/mol. The van der Waals surface area contributed by atoms with Crippen LogP contribution < -0.4 is 0 Å². The fourth-order valence-corrected chi connectivity index (χ4v) is 0.849. The third kappa shape index (κ3) is 2.10. The minimum atomic E-state index is 0. The Bertz CT molecular complexity index is 196. The fourth-order valence-electron chi connectivity index (χ4n) is 0.849. The van der Waals surface area contributed by atoms with Crippen molar-refractivity contribution >= 4 is 0 Å². The van der Waals surface area contributed by atoms with Crippen LogP contribution in [0.5, 0.6) is 0 Å². The van der Waals surface area contributed by atoms with Crippen LogP contribution in [0.2, 0.25) is 0 Å². The molecule has 1 heteroatoms. The normalized spacial score (nSPS) is 8.60.